The Hall–Kier alpha value is -0.670. The van der Waals surface area contributed by atoms with Crippen LogP contribution in [0.2, 0.25) is 5.15 Å². The summed E-state index contributed by atoms with van der Waals surface area (Å²) in [5, 5.41) is 6.30. The Balaban J connectivity index is 2.60. The zero-order valence-corrected chi connectivity index (χ0v) is 10.6. The minimum absolute atomic E-state index is 0.503. The molecule has 1 aromatic heterocycles. The number of benzene rings is 1. The Labute approximate surface area is 98.6 Å². The van der Waals surface area contributed by atoms with Crippen molar-refractivity contribution in [2.24, 2.45) is 7.05 Å². The van der Waals surface area contributed by atoms with E-state index in [4.69, 9.17) is 11.6 Å². The highest BCUT2D eigenvalue weighted by Crippen LogP contribution is 2.30. The first-order valence-corrected chi connectivity index (χ1v) is 6.45. The lowest BCUT2D eigenvalue weighted by Gasteiger charge is -2.08. The molecule has 1 atom stereocenters. The fourth-order valence-electron chi connectivity index (χ4n) is 1.62. The molecule has 2 rings (SSSR count). The molecule has 1 aromatic carbocycles. The van der Waals surface area contributed by atoms with E-state index in [1.165, 1.54) is 5.56 Å². The Kier molecular flexibility index (Phi) is 2.94. The molecule has 0 aliphatic heterocycles. The first kappa shape index (κ1) is 10.8. The summed E-state index contributed by atoms with van der Waals surface area (Å²) in [5.74, 6) is 0. The number of hydrogen-bond acceptors (Lipinski definition) is 2. The molecule has 0 N–H and O–H groups in total. The molecular formula is C11H13ClN2S. The van der Waals surface area contributed by atoms with E-state index in [0.29, 0.717) is 10.4 Å². The molecule has 80 valence electrons. The van der Waals surface area contributed by atoms with Crippen LogP contribution < -0.4 is 0 Å². The number of rotatable bonds is 2. The highest BCUT2D eigenvalue weighted by molar-refractivity contribution is 7.98. The third-order valence-corrected chi connectivity index (χ3v) is 3.91. The van der Waals surface area contributed by atoms with Crippen LogP contribution in [0.3, 0.4) is 0 Å². The van der Waals surface area contributed by atoms with Crippen LogP contribution in [-0.4, -0.2) is 16.0 Å². The van der Waals surface area contributed by atoms with Gasteiger partial charge < -0.3 is 0 Å². The molecule has 0 bridgehead atoms. The lowest BCUT2D eigenvalue weighted by atomic mass is 10.1. The summed E-state index contributed by atoms with van der Waals surface area (Å²) in [6, 6.07) is 6.33. The fourth-order valence-corrected chi connectivity index (χ4v) is 2.31. The first-order chi connectivity index (χ1) is 7.13. The van der Waals surface area contributed by atoms with Crippen LogP contribution in [0.25, 0.3) is 10.9 Å². The van der Waals surface area contributed by atoms with Gasteiger partial charge in [-0.05, 0) is 30.9 Å². The van der Waals surface area contributed by atoms with Crippen LogP contribution in [0.1, 0.15) is 17.7 Å². The summed E-state index contributed by atoms with van der Waals surface area (Å²) < 4.78 is 1.83. The van der Waals surface area contributed by atoms with Crippen LogP contribution in [0.5, 0.6) is 0 Å². The zero-order valence-electron chi connectivity index (χ0n) is 8.99. The zero-order chi connectivity index (χ0) is 11.0. The second kappa shape index (κ2) is 4.06. The molecule has 15 heavy (non-hydrogen) atoms. The Morgan fingerprint density at radius 2 is 2.20 bits per heavy atom. The predicted octanol–water partition coefficient (Wildman–Crippen LogP) is 3.65. The average Bonchev–Trinajstić information content (AvgIpc) is 2.53. The van der Waals surface area contributed by atoms with E-state index < -0.39 is 0 Å². The lowest BCUT2D eigenvalue weighted by Crippen LogP contribution is -1.91. The van der Waals surface area contributed by atoms with Crippen molar-refractivity contribution in [3.05, 3.63) is 28.9 Å². The maximum absolute atomic E-state index is 6.01. The number of halogens is 1. The van der Waals surface area contributed by atoms with E-state index in [9.17, 15) is 0 Å². The Morgan fingerprint density at radius 1 is 1.47 bits per heavy atom. The molecule has 0 saturated heterocycles. The molecule has 1 heterocycles. The van der Waals surface area contributed by atoms with Gasteiger partial charge in [-0.2, -0.15) is 16.9 Å². The van der Waals surface area contributed by atoms with Crippen molar-refractivity contribution in [2.45, 2.75) is 12.2 Å². The number of thioether (sulfide) groups is 1. The van der Waals surface area contributed by atoms with Crippen molar-refractivity contribution in [3.8, 4) is 0 Å². The first-order valence-electron chi connectivity index (χ1n) is 4.78. The summed E-state index contributed by atoms with van der Waals surface area (Å²) in [5.41, 5.74) is 2.41. The van der Waals surface area contributed by atoms with E-state index in [1.807, 2.05) is 29.6 Å². The van der Waals surface area contributed by atoms with Gasteiger partial charge in [-0.25, -0.2) is 0 Å². The van der Waals surface area contributed by atoms with E-state index in [1.54, 1.807) is 0 Å². The molecule has 2 aromatic rings. The minimum Gasteiger partial charge on any atom is -0.266 e. The van der Waals surface area contributed by atoms with Gasteiger partial charge in [-0.15, -0.1) is 0 Å². The average molecular weight is 241 g/mol. The van der Waals surface area contributed by atoms with E-state index in [0.717, 1.165) is 10.9 Å². The van der Waals surface area contributed by atoms with Crippen LogP contribution >= 0.6 is 23.4 Å². The largest absolute Gasteiger partial charge is 0.266 e. The highest BCUT2D eigenvalue weighted by atomic mass is 35.5. The highest BCUT2D eigenvalue weighted by Gasteiger charge is 2.09. The van der Waals surface area contributed by atoms with Gasteiger partial charge in [0.15, 0.2) is 5.15 Å². The predicted molar refractivity (Wildman–Crippen MR) is 67.7 cm³/mol. The van der Waals surface area contributed by atoms with Gasteiger partial charge in [-0.3, -0.25) is 4.68 Å². The van der Waals surface area contributed by atoms with Gasteiger partial charge in [-0.1, -0.05) is 17.7 Å². The van der Waals surface area contributed by atoms with Gasteiger partial charge in [0.2, 0.25) is 0 Å². The standard InChI is InChI=1S/C11H13ClN2S/c1-7(15-3)8-4-5-9-10(6-8)14(2)13-11(9)12/h4-7H,1-3H3. The number of nitrogens with zero attached hydrogens (tertiary/aromatic N) is 2. The minimum atomic E-state index is 0.503. The topological polar surface area (TPSA) is 17.8 Å². The Bertz CT molecular complexity index is 493. The molecule has 0 aliphatic carbocycles. The second-order valence-electron chi connectivity index (χ2n) is 3.57. The summed E-state index contributed by atoms with van der Waals surface area (Å²) in [4.78, 5) is 0. The van der Waals surface area contributed by atoms with Crippen molar-refractivity contribution in [2.75, 3.05) is 6.26 Å². The summed E-state index contributed by atoms with van der Waals surface area (Å²) in [6.07, 6.45) is 2.12. The monoisotopic (exact) mass is 240 g/mol. The molecule has 0 amide bonds. The molecule has 0 fully saturated rings. The van der Waals surface area contributed by atoms with Crippen LogP contribution in [0.4, 0.5) is 0 Å². The Morgan fingerprint density at radius 3 is 2.87 bits per heavy atom. The SMILES string of the molecule is CSC(C)c1ccc2c(Cl)nn(C)c2c1. The molecule has 0 aliphatic rings. The van der Waals surface area contributed by atoms with E-state index in [2.05, 4.69) is 30.4 Å². The number of hydrogen-bond donors (Lipinski definition) is 0. The van der Waals surface area contributed by atoms with Gasteiger partial charge in [0.25, 0.3) is 0 Å². The van der Waals surface area contributed by atoms with E-state index in [-0.39, 0.29) is 0 Å². The number of aromatic nitrogens is 2. The fraction of sp³-hybridized carbons (Fsp3) is 0.364. The summed E-state index contributed by atoms with van der Waals surface area (Å²) in [6.45, 7) is 2.20. The lowest BCUT2D eigenvalue weighted by molar-refractivity contribution is 0.796. The molecule has 0 spiro atoms. The van der Waals surface area contributed by atoms with Gasteiger partial charge in [0.1, 0.15) is 0 Å². The normalized spacial score (nSPS) is 13.3. The molecular weight excluding hydrogens is 228 g/mol. The van der Waals surface area contributed by atoms with Gasteiger partial charge in [0.05, 0.1) is 5.52 Å². The maximum atomic E-state index is 6.01. The molecule has 0 saturated carbocycles. The van der Waals surface area contributed by atoms with Gasteiger partial charge >= 0.3 is 0 Å². The third-order valence-electron chi connectivity index (χ3n) is 2.65. The van der Waals surface area contributed by atoms with Crippen LogP contribution in [0.15, 0.2) is 18.2 Å². The molecule has 1 unspecified atom stereocenters. The van der Waals surface area contributed by atoms with Crippen molar-refractivity contribution in [3.63, 3.8) is 0 Å². The number of aryl methyl sites for hydroxylation is 1. The smallest absolute Gasteiger partial charge is 0.158 e. The van der Waals surface area contributed by atoms with Crippen LogP contribution in [0, 0.1) is 0 Å². The quantitative estimate of drug-likeness (QED) is 0.798. The van der Waals surface area contributed by atoms with Crippen molar-refractivity contribution in [1.29, 1.82) is 0 Å². The molecule has 2 nitrogen and oxygen atoms in total. The maximum Gasteiger partial charge on any atom is 0.158 e. The van der Waals surface area contributed by atoms with Crippen molar-refractivity contribution < 1.29 is 0 Å². The summed E-state index contributed by atoms with van der Waals surface area (Å²) in [7, 11) is 1.92. The summed E-state index contributed by atoms with van der Waals surface area (Å²) >= 11 is 7.84. The van der Waals surface area contributed by atoms with Crippen molar-refractivity contribution in [1.82, 2.24) is 9.78 Å². The van der Waals surface area contributed by atoms with Crippen LogP contribution in [-0.2, 0) is 7.05 Å². The molecule has 4 heteroatoms. The third kappa shape index (κ3) is 1.86. The second-order valence-corrected chi connectivity index (χ2v) is 5.11. The van der Waals surface area contributed by atoms with Gasteiger partial charge in [0, 0.05) is 17.7 Å². The van der Waals surface area contributed by atoms with E-state index >= 15 is 0 Å². The number of fused-ring (bicyclic) bond motifs is 1. The molecule has 0 radical (unpaired) electrons. The van der Waals surface area contributed by atoms with Crippen molar-refractivity contribution >= 4 is 34.3 Å².